The van der Waals surface area contributed by atoms with Crippen molar-refractivity contribution in [2.45, 2.75) is 0 Å². The Balaban J connectivity index is 2.58. The maximum atomic E-state index is 5.17. The summed E-state index contributed by atoms with van der Waals surface area (Å²) in [5.74, 6) is 0.436. The molecule has 0 aliphatic carbocycles. The Bertz CT molecular complexity index is 117. The molecule has 38 valence electrons. The third-order valence-electron chi connectivity index (χ3n) is 0.615. The monoisotopic (exact) mass is 98.0 g/mol. The number of nitrogens with two attached hydrogens (primary N) is 1. The summed E-state index contributed by atoms with van der Waals surface area (Å²) in [6.45, 7) is 0.542. The molecule has 1 aliphatic heterocycles. The third kappa shape index (κ3) is 0.924. The van der Waals surface area contributed by atoms with Gasteiger partial charge in [0.1, 0.15) is 12.9 Å². The van der Waals surface area contributed by atoms with Gasteiger partial charge in [0.25, 0.3) is 0 Å². The number of rotatable bonds is 0. The molecule has 2 N–H and O–H groups in total. The van der Waals surface area contributed by atoms with Gasteiger partial charge in [-0.3, -0.25) is 0 Å². The Hall–Kier alpha value is -0.990. The molecule has 0 saturated heterocycles. The Labute approximate surface area is 41.5 Å². The highest BCUT2D eigenvalue weighted by Gasteiger charge is 1.87. The summed E-state index contributed by atoms with van der Waals surface area (Å²) in [4.78, 5) is 3.72. The maximum absolute atomic E-state index is 5.17. The van der Waals surface area contributed by atoms with Crippen LogP contribution in [0.2, 0.25) is 0 Å². The zero-order valence-electron chi connectivity index (χ0n) is 3.79. The molecule has 0 aromatic carbocycles. The van der Waals surface area contributed by atoms with E-state index in [4.69, 9.17) is 10.5 Å². The van der Waals surface area contributed by atoms with Crippen molar-refractivity contribution in [1.29, 1.82) is 0 Å². The zero-order valence-corrected chi connectivity index (χ0v) is 3.79. The fourth-order valence-electron chi connectivity index (χ4n) is 0.350. The van der Waals surface area contributed by atoms with Crippen LogP contribution < -0.4 is 5.73 Å². The van der Waals surface area contributed by atoms with E-state index in [1.54, 1.807) is 6.21 Å². The first-order valence-corrected chi connectivity index (χ1v) is 1.99. The standard InChI is InChI=1S/C4H6N2O/c5-4-3-7-2-1-6-4/h1,3H,2,5H2. The summed E-state index contributed by atoms with van der Waals surface area (Å²) >= 11 is 0. The molecule has 0 bridgehead atoms. The second-order valence-electron chi connectivity index (χ2n) is 1.19. The first kappa shape index (κ1) is 4.18. The van der Waals surface area contributed by atoms with Crippen molar-refractivity contribution in [3.8, 4) is 0 Å². The average Bonchev–Trinajstić information content (AvgIpc) is 1.69. The van der Waals surface area contributed by atoms with Crippen molar-refractivity contribution >= 4 is 6.21 Å². The second kappa shape index (κ2) is 1.64. The minimum atomic E-state index is 0.436. The number of aliphatic imine (C=N–C) groups is 1. The topological polar surface area (TPSA) is 47.6 Å². The second-order valence-corrected chi connectivity index (χ2v) is 1.19. The molecule has 0 atom stereocenters. The highest BCUT2D eigenvalue weighted by atomic mass is 16.5. The lowest BCUT2D eigenvalue weighted by atomic mass is 10.7. The predicted octanol–water partition coefficient (Wildman–Crippen LogP) is -0.155. The number of nitrogens with zero attached hydrogens (tertiary/aromatic N) is 1. The summed E-state index contributed by atoms with van der Waals surface area (Å²) in [6.07, 6.45) is 3.05. The van der Waals surface area contributed by atoms with Crippen molar-refractivity contribution in [2.24, 2.45) is 10.7 Å². The van der Waals surface area contributed by atoms with E-state index >= 15 is 0 Å². The Morgan fingerprint density at radius 2 is 2.71 bits per heavy atom. The molecule has 3 nitrogen and oxygen atoms in total. The van der Waals surface area contributed by atoms with Crippen molar-refractivity contribution in [1.82, 2.24) is 0 Å². The summed E-state index contributed by atoms with van der Waals surface area (Å²) in [5.41, 5.74) is 5.17. The third-order valence-corrected chi connectivity index (χ3v) is 0.615. The van der Waals surface area contributed by atoms with Crippen molar-refractivity contribution in [3.05, 3.63) is 12.1 Å². The SMILES string of the molecule is NC1=COCC=N1. The van der Waals surface area contributed by atoms with E-state index in [2.05, 4.69) is 4.99 Å². The Kier molecular flexibility index (Phi) is 0.978. The Morgan fingerprint density at radius 1 is 1.86 bits per heavy atom. The number of hydrogen-bond acceptors (Lipinski definition) is 3. The lowest BCUT2D eigenvalue weighted by molar-refractivity contribution is 0.296. The number of ether oxygens (including phenoxy) is 1. The first-order chi connectivity index (χ1) is 3.39. The quantitative estimate of drug-likeness (QED) is 0.457. The molecule has 1 rings (SSSR count). The van der Waals surface area contributed by atoms with Gasteiger partial charge in [-0.1, -0.05) is 0 Å². The minimum Gasteiger partial charge on any atom is -0.492 e. The van der Waals surface area contributed by atoms with Gasteiger partial charge in [-0.05, 0) is 0 Å². The first-order valence-electron chi connectivity index (χ1n) is 1.99. The molecule has 0 aromatic rings. The van der Waals surface area contributed by atoms with E-state index in [0.29, 0.717) is 12.4 Å². The van der Waals surface area contributed by atoms with Crippen LogP contribution in [-0.2, 0) is 4.74 Å². The summed E-state index contributed by atoms with van der Waals surface area (Å²) in [6, 6.07) is 0. The van der Waals surface area contributed by atoms with Gasteiger partial charge in [0, 0.05) is 6.21 Å². The fourth-order valence-corrected chi connectivity index (χ4v) is 0.350. The van der Waals surface area contributed by atoms with Gasteiger partial charge in [0.15, 0.2) is 5.82 Å². The van der Waals surface area contributed by atoms with E-state index in [9.17, 15) is 0 Å². The summed E-state index contributed by atoms with van der Waals surface area (Å²) < 4.78 is 4.75. The van der Waals surface area contributed by atoms with Crippen molar-refractivity contribution < 1.29 is 4.74 Å². The molecule has 0 unspecified atom stereocenters. The minimum absolute atomic E-state index is 0.436. The van der Waals surface area contributed by atoms with Crippen molar-refractivity contribution in [3.63, 3.8) is 0 Å². The molecular formula is C4H6N2O. The van der Waals surface area contributed by atoms with Gasteiger partial charge < -0.3 is 10.5 Å². The van der Waals surface area contributed by atoms with E-state index in [-0.39, 0.29) is 0 Å². The van der Waals surface area contributed by atoms with Crippen LogP contribution in [-0.4, -0.2) is 12.8 Å². The van der Waals surface area contributed by atoms with E-state index in [1.165, 1.54) is 6.26 Å². The highest BCUT2D eigenvalue weighted by Crippen LogP contribution is 1.90. The van der Waals surface area contributed by atoms with Gasteiger partial charge in [-0.2, -0.15) is 0 Å². The maximum Gasteiger partial charge on any atom is 0.158 e. The van der Waals surface area contributed by atoms with Crippen LogP contribution in [0.25, 0.3) is 0 Å². The molecule has 0 aromatic heterocycles. The highest BCUT2D eigenvalue weighted by molar-refractivity contribution is 5.60. The fraction of sp³-hybridized carbons (Fsp3) is 0.250. The van der Waals surface area contributed by atoms with Crippen LogP contribution in [0.4, 0.5) is 0 Å². The molecule has 3 heteroatoms. The van der Waals surface area contributed by atoms with Crippen LogP contribution in [0.5, 0.6) is 0 Å². The zero-order chi connectivity index (χ0) is 5.11. The smallest absolute Gasteiger partial charge is 0.158 e. The molecule has 0 saturated carbocycles. The lowest BCUT2D eigenvalue weighted by Crippen LogP contribution is -2.02. The van der Waals surface area contributed by atoms with Gasteiger partial charge in [0.2, 0.25) is 0 Å². The summed E-state index contributed by atoms with van der Waals surface area (Å²) in [5, 5.41) is 0. The molecule has 1 heterocycles. The van der Waals surface area contributed by atoms with E-state index in [0.717, 1.165) is 0 Å². The van der Waals surface area contributed by atoms with Crippen LogP contribution >= 0.6 is 0 Å². The Morgan fingerprint density at radius 3 is 3.00 bits per heavy atom. The van der Waals surface area contributed by atoms with Crippen LogP contribution in [0, 0.1) is 0 Å². The van der Waals surface area contributed by atoms with Crippen molar-refractivity contribution in [2.75, 3.05) is 6.61 Å². The normalized spacial score (nSPS) is 18.0. The van der Waals surface area contributed by atoms with E-state index in [1.807, 2.05) is 0 Å². The van der Waals surface area contributed by atoms with Gasteiger partial charge in [0.05, 0.1) is 0 Å². The molecule has 0 fully saturated rings. The molecular weight excluding hydrogens is 92.1 g/mol. The predicted molar refractivity (Wildman–Crippen MR) is 26.7 cm³/mol. The molecule has 7 heavy (non-hydrogen) atoms. The molecule has 1 aliphatic rings. The van der Waals surface area contributed by atoms with Crippen LogP contribution in [0.1, 0.15) is 0 Å². The summed E-state index contributed by atoms with van der Waals surface area (Å²) in [7, 11) is 0. The lowest BCUT2D eigenvalue weighted by Gasteiger charge is -1.99. The van der Waals surface area contributed by atoms with Crippen LogP contribution in [0.3, 0.4) is 0 Å². The molecule has 0 spiro atoms. The number of hydrogen-bond donors (Lipinski definition) is 1. The largest absolute Gasteiger partial charge is 0.492 e. The van der Waals surface area contributed by atoms with Gasteiger partial charge in [-0.25, -0.2) is 4.99 Å². The molecule has 0 amide bonds. The van der Waals surface area contributed by atoms with Crippen LogP contribution in [0.15, 0.2) is 17.1 Å². The van der Waals surface area contributed by atoms with Gasteiger partial charge >= 0.3 is 0 Å². The van der Waals surface area contributed by atoms with E-state index < -0.39 is 0 Å². The van der Waals surface area contributed by atoms with Gasteiger partial charge in [-0.15, -0.1) is 0 Å². The average molecular weight is 98.1 g/mol. The molecule has 0 radical (unpaired) electrons.